The van der Waals surface area contributed by atoms with Crippen LogP contribution in [0.4, 0.5) is 0 Å². The van der Waals surface area contributed by atoms with Gasteiger partial charge in [0.2, 0.25) is 17.6 Å². The number of hydrogen-bond acceptors (Lipinski definition) is 6. The van der Waals surface area contributed by atoms with Crippen LogP contribution in [0.5, 0.6) is 5.75 Å². The Morgan fingerprint density at radius 2 is 1.83 bits per heavy atom. The summed E-state index contributed by atoms with van der Waals surface area (Å²) in [5, 5.41) is 3.94. The molecule has 0 aliphatic heterocycles. The molecule has 0 spiro atoms. The molecule has 0 fully saturated rings. The van der Waals surface area contributed by atoms with Crippen LogP contribution in [0.15, 0.2) is 59.1 Å². The Morgan fingerprint density at radius 1 is 1.03 bits per heavy atom. The summed E-state index contributed by atoms with van der Waals surface area (Å²) < 4.78 is 10.6. The number of nitrogens with one attached hydrogen (secondary N) is 2. The highest BCUT2D eigenvalue weighted by Crippen LogP contribution is 2.15. The van der Waals surface area contributed by atoms with Crippen LogP contribution in [0, 0.1) is 6.92 Å². The summed E-state index contributed by atoms with van der Waals surface area (Å²) >= 11 is 0. The average molecular weight is 394 g/mol. The molecule has 0 unspecified atom stereocenters. The number of benzene rings is 2. The maximum atomic E-state index is 11.9. The molecule has 1 heterocycles. The molecule has 3 rings (SSSR count). The van der Waals surface area contributed by atoms with E-state index >= 15 is 0 Å². The van der Waals surface area contributed by atoms with Crippen molar-refractivity contribution in [1.29, 1.82) is 0 Å². The van der Waals surface area contributed by atoms with Gasteiger partial charge in [-0.05, 0) is 31.0 Å². The minimum Gasteiger partial charge on any atom is -0.484 e. The normalized spacial score (nSPS) is 10.4. The first-order valence-electron chi connectivity index (χ1n) is 9.25. The minimum absolute atomic E-state index is 0.187. The van der Waals surface area contributed by atoms with Gasteiger partial charge in [-0.2, -0.15) is 4.98 Å². The molecule has 0 bridgehead atoms. The number of amides is 2. The third-order valence-corrected chi connectivity index (χ3v) is 4.00. The molecule has 2 amide bonds. The summed E-state index contributed by atoms with van der Waals surface area (Å²) in [6, 6.07) is 16.9. The largest absolute Gasteiger partial charge is 0.484 e. The van der Waals surface area contributed by atoms with Gasteiger partial charge in [0.1, 0.15) is 5.75 Å². The zero-order valence-electron chi connectivity index (χ0n) is 16.1. The third-order valence-electron chi connectivity index (χ3n) is 4.00. The predicted octanol–water partition coefficient (Wildman–Crippen LogP) is 2.59. The summed E-state index contributed by atoms with van der Waals surface area (Å²) in [4.78, 5) is 27.9. The zero-order valence-corrected chi connectivity index (χ0v) is 16.1. The van der Waals surface area contributed by atoms with Crippen LogP contribution in [-0.2, 0) is 16.0 Å². The fourth-order valence-electron chi connectivity index (χ4n) is 2.55. The van der Waals surface area contributed by atoms with E-state index in [0.717, 1.165) is 11.1 Å². The highest BCUT2D eigenvalue weighted by Gasteiger charge is 2.10. The molecule has 8 nitrogen and oxygen atoms in total. The zero-order chi connectivity index (χ0) is 20.5. The molecule has 2 aromatic carbocycles. The molecule has 8 heteroatoms. The smallest absolute Gasteiger partial charge is 0.276 e. The Kier molecular flexibility index (Phi) is 6.94. The van der Waals surface area contributed by atoms with Crippen LogP contribution in [0.1, 0.15) is 24.3 Å². The molecule has 0 atom stereocenters. The second-order valence-electron chi connectivity index (χ2n) is 6.43. The third kappa shape index (κ3) is 6.46. The Labute approximate surface area is 168 Å². The van der Waals surface area contributed by atoms with Crippen LogP contribution >= 0.6 is 0 Å². The Bertz CT molecular complexity index is 956. The summed E-state index contributed by atoms with van der Waals surface area (Å²) in [6.45, 7) is 1.75. The summed E-state index contributed by atoms with van der Waals surface area (Å²) in [6.07, 6.45) is 1.19. The SMILES string of the molecule is Cc1cccc(OCC(=O)NNC(=O)CCCc2nc(-c3ccccc3)no2)c1. The van der Waals surface area contributed by atoms with Gasteiger partial charge < -0.3 is 9.26 Å². The molecule has 0 saturated carbocycles. The number of ether oxygens (including phenoxy) is 1. The van der Waals surface area contributed by atoms with E-state index in [9.17, 15) is 9.59 Å². The van der Waals surface area contributed by atoms with Crippen molar-refractivity contribution in [2.75, 3.05) is 6.61 Å². The molecular weight excluding hydrogens is 372 g/mol. The number of aryl methyl sites for hydroxylation is 2. The summed E-state index contributed by atoms with van der Waals surface area (Å²) in [7, 11) is 0. The number of aromatic nitrogens is 2. The van der Waals surface area contributed by atoms with E-state index in [0.29, 0.717) is 30.3 Å². The molecule has 0 aliphatic carbocycles. The lowest BCUT2D eigenvalue weighted by Crippen LogP contribution is -2.43. The number of rotatable bonds is 8. The number of hydrazine groups is 1. The fraction of sp³-hybridized carbons (Fsp3) is 0.238. The van der Waals surface area contributed by atoms with Crippen molar-refractivity contribution >= 4 is 11.8 Å². The highest BCUT2D eigenvalue weighted by atomic mass is 16.5. The molecule has 0 radical (unpaired) electrons. The maximum absolute atomic E-state index is 11.9. The Balaban J connectivity index is 1.33. The molecule has 29 heavy (non-hydrogen) atoms. The first-order chi connectivity index (χ1) is 14.1. The minimum atomic E-state index is -0.440. The van der Waals surface area contributed by atoms with Gasteiger partial charge in [0, 0.05) is 18.4 Å². The Hall–Kier alpha value is -3.68. The van der Waals surface area contributed by atoms with E-state index < -0.39 is 5.91 Å². The van der Waals surface area contributed by atoms with Gasteiger partial charge in [-0.25, -0.2) is 0 Å². The molecule has 0 saturated heterocycles. The van der Waals surface area contributed by atoms with Crippen molar-refractivity contribution in [3.63, 3.8) is 0 Å². The van der Waals surface area contributed by atoms with Gasteiger partial charge in [0.15, 0.2) is 6.61 Å². The molecule has 0 aliphatic rings. The van der Waals surface area contributed by atoms with Crippen LogP contribution < -0.4 is 15.6 Å². The first-order valence-corrected chi connectivity index (χ1v) is 9.25. The van der Waals surface area contributed by atoms with Crippen LogP contribution in [0.3, 0.4) is 0 Å². The fourth-order valence-corrected chi connectivity index (χ4v) is 2.55. The number of carbonyl (C=O) groups is 2. The van der Waals surface area contributed by atoms with Gasteiger partial charge in [-0.15, -0.1) is 0 Å². The van der Waals surface area contributed by atoms with Crippen molar-refractivity contribution in [3.8, 4) is 17.1 Å². The highest BCUT2D eigenvalue weighted by molar-refractivity contribution is 5.82. The molecule has 150 valence electrons. The van der Waals surface area contributed by atoms with E-state index in [1.54, 1.807) is 6.07 Å². The number of carbonyl (C=O) groups excluding carboxylic acids is 2. The molecule has 3 aromatic rings. The van der Waals surface area contributed by atoms with Crippen molar-refractivity contribution < 1.29 is 18.8 Å². The second-order valence-corrected chi connectivity index (χ2v) is 6.43. The summed E-state index contributed by atoms with van der Waals surface area (Å²) in [5.41, 5.74) is 6.60. The predicted molar refractivity (Wildman–Crippen MR) is 106 cm³/mol. The average Bonchev–Trinajstić information content (AvgIpc) is 3.20. The van der Waals surface area contributed by atoms with E-state index in [-0.39, 0.29) is 18.9 Å². The van der Waals surface area contributed by atoms with Crippen LogP contribution in [-0.4, -0.2) is 28.6 Å². The van der Waals surface area contributed by atoms with Gasteiger partial charge in [0.25, 0.3) is 5.91 Å². The number of nitrogens with zero attached hydrogens (tertiary/aromatic N) is 2. The molecular formula is C21H22N4O4. The van der Waals surface area contributed by atoms with Crippen molar-refractivity contribution in [1.82, 2.24) is 21.0 Å². The van der Waals surface area contributed by atoms with E-state index in [2.05, 4.69) is 21.0 Å². The van der Waals surface area contributed by atoms with Gasteiger partial charge in [0.05, 0.1) is 0 Å². The lowest BCUT2D eigenvalue weighted by molar-refractivity contribution is -0.130. The van der Waals surface area contributed by atoms with E-state index in [1.807, 2.05) is 55.5 Å². The van der Waals surface area contributed by atoms with Gasteiger partial charge >= 0.3 is 0 Å². The van der Waals surface area contributed by atoms with E-state index in [4.69, 9.17) is 9.26 Å². The van der Waals surface area contributed by atoms with Crippen LogP contribution in [0.25, 0.3) is 11.4 Å². The van der Waals surface area contributed by atoms with Crippen molar-refractivity contribution in [3.05, 3.63) is 66.1 Å². The molecule has 1 aromatic heterocycles. The standard InChI is InChI=1S/C21H22N4O4/c1-15-7-5-10-17(13-15)28-14-19(27)24-23-18(26)11-6-12-20-22-21(25-29-20)16-8-3-2-4-9-16/h2-5,7-10,13H,6,11-12,14H2,1H3,(H,23,26)(H,24,27). The lowest BCUT2D eigenvalue weighted by atomic mass is 10.2. The van der Waals surface area contributed by atoms with E-state index in [1.165, 1.54) is 0 Å². The Morgan fingerprint density at radius 3 is 2.62 bits per heavy atom. The van der Waals surface area contributed by atoms with Crippen LogP contribution in [0.2, 0.25) is 0 Å². The van der Waals surface area contributed by atoms with Crippen molar-refractivity contribution in [2.24, 2.45) is 0 Å². The second kappa shape index (κ2) is 10.0. The van der Waals surface area contributed by atoms with Gasteiger partial charge in [-0.1, -0.05) is 47.6 Å². The monoisotopic (exact) mass is 394 g/mol. The van der Waals surface area contributed by atoms with Crippen molar-refractivity contribution in [2.45, 2.75) is 26.2 Å². The number of hydrogen-bond donors (Lipinski definition) is 2. The topological polar surface area (TPSA) is 106 Å². The lowest BCUT2D eigenvalue weighted by Gasteiger charge is -2.09. The quantitative estimate of drug-likeness (QED) is 0.569. The maximum Gasteiger partial charge on any atom is 0.276 e. The van der Waals surface area contributed by atoms with Gasteiger partial charge in [-0.3, -0.25) is 20.4 Å². The summed E-state index contributed by atoms with van der Waals surface area (Å²) in [5.74, 6) is 0.833. The molecule has 2 N–H and O–H groups in total. The first kappa shape index (κ1) is 20.1.